The first-order valence-electron chi connectivity index (χ1n) is 11.5. The molecule has 29 heavy (non-hydrogen) atoms. The second-order valence-electron chi connectivity index (χ2n) is 10.5. The first-order valence-corrected chi connectivity index (χ1v) is 11.5. The number of ether oxygens (including phenoxy) is 1. The summed E-state index contributed by atoms with van der Waals surface area (Å²) in [4.78, 5) is 18.8. The van der Waals surface area contributed by atoms with Crippen LogP contribution in [0.4, 0.5) is 4.79 Å². The Balaban J connectivity index is 0.000000326. The molecule has 0 unspecified atom stereocenters. The molecule has 0 aliphatic carbocycles. The van der Waals surface area contributed by atoms with Gasteiger partial charge in [0.15, 0.2) is 0 Å². The van der Waals surface area contributed by atoms with Crippen LogP contribution in [0.5, 0.6) is 0 Å². The van der Waals surface area contributed by atoms with Crippen LogP contribution in [0.1, 0.15) is 75.2 Å². The molecule has 2 fully saturated rings. The summed E-state index contributed by atoms with van der Waals surface area (Å²) in [5, 5.41) is 3.37. The highest BCUT2D eigenvalue weighted by Gasteiger charge is 2.31. The molecule has 172 valence electrons. The molecule has 6 nitrogen and oxygen atoms in total. The van der Waals surface area contributed by atoms with Gasteiger partial charge in [-0.15, -0.1) is 0 Å². The van der Waals surface area contributed by atoms with Gasteiger partial charge < -0.3 is 15.0 Å². The van der Waals surface area contributed by atoms with Crippen molar-refractivity contribution in [1.29, 1.82) is 0 Å². The third-order valence-electron chi connectivity index (χ3n) is 6.49. The first kappa shape index (κ1) is 26.2. The van der Waals surface area contributed by atoms with Crippen LogP contribution in [0.25, 0.3) is 0 Å². The van der Waals surface area contributed by atoms with Crippen molar-refractivity contribution in [2.75, 3.05) is 52.4 Å². The Bertz CT molecular complexity index is 486. The lowest BCUT2D eigenvalue weighted by Gasteiger charge is -2.43. The fourth-order valence-electron chi connectivity index (χ4n) is 3.54. The third kappa shape index (κ3) is 8.81. The molecule has 0 atom stereocenters. The van der Waals surface area contributed by atoms with Crippen LogP contribution in [0.3, 0.4) is 0 Å². The van der Waals surface area contributed by atoms with Crippen LogP contribution in [0.2, 0.25) is 0 Å². The van der Waals surface area contributed by atoms with Gasteiger partial charge in [-0.1, -0.05) is 13.8 Å². The van der Waals surface area contributed by atoms with E-state index in [9.17, 15) is 4.79 Å². The largest absolute Gasteiger partial charge is 0.444 e. The summed E-state index contributed by atoms with van der Waals surface area (Å²) in [7, 11) is 0. The zero-order chi connectivity index (χ0) is 22.3. The molecule has 2 heterocycles. The maximum atomic E-state index is 11.9. The van der Waals surface area contributed by atoms with Crippen molar-refractivity contribution < 1.29 is 9.53 Å². The van der Waals surface area contributed by atoms with E-state index in [1.165, 1.54) is 19.5 Å². The molecule has 6 heteroatoms. The predicted octanol–water partition coefficient (Wildman–Crippen LogP) is 3.81. The van der Waals surface area contributed by atoms with Gasteiger partial charge in [0, 0.05) is 63.4 Å². The second kappa shape index (κ2) is 11.0. The van der Waals surface area contributed by atoms with E-state index >= 15 is 0 Å². The van der Waals surface area contributed by atoms with Crippen molar-refractivity contribution in [1.82, 2.24) is 20.0 Å². The van der Waals surface area contributed by atoms with E-state index in [1.54, 1.807) is 0 Å². The molecule has 0 spiro atoms. The zero-order valence-corrected chi connectivity index (χ0v) is 20.7. The van der Waals surface area contributed by atoms with Gasteiger partial charge in [-0.3, -0.25) is 9.80 Å². The van der Waals surface area contributed by atoms with Gasteiger partial charge in [0.05, 0.1) is 0 Å². The fraction of sp³-hybridized carbons (Fsp3) is 0.957. The Morgan fingerprint density at radius 3 is 1.55 bits per heavy atom. The highest BCUT2D eigenvalue weighted by molar-refractivity contribution is 5.68. The average molecular weight is 413 g/mol. The van der Waals surface area contributed by atoms with Crippen molar-refractivity contribution in [3.8, 4) is 0 Å². The molecule has 1 amide bonds. The Morgan fingerprint density at radius 1 is 0.759 bits per heavy atom. The molecule has 2 rings (SSSR count). The number of carbonyl (C=O) groups is 1. The molecular formula is C23H48N4O2. The standard InChI is InChI=1S/C14H28N2O2.C9H20N2/c1-7-14(5,6)16-10-8-15(9-11-16)12(17)18-13(2,3)4;1-4-9(2,3)11-7-5-10-6-8-11/h7-11H2,1-6H3;10H,4-8H2,1-3H3. The lowest BCUT2D eigenvalue weighted by Crippen LogP contribution is -2.56. The SMILES string of the molecule is CCC(C)(C)N1CCN(C(=O)OC(C)(C)C)CC1.CCC(C)(C)N1CCNCC1. The van der Waals surface area contributed by atoms with E-state index < -0.39 is 5.60 Å². The van der Waals surface area contributed by atoms with Gasteiger partial charge in [0.1, 0.15) is 5.60 Å². The number of piperazine rings is 2. The molecule has 0 aromatic carbocycles. The molecule has 0 saturated carbocycles. The first-order chi connectivity index (χ1) is 13.3. The maximum absolute atomic E-state index is 11.9. The second-order valence-corrected chi connectivity index (χ2v) is 10.5. The zero-order valence-electron chi connectivity index (χ0n) is 20.7. The summed E-state index contributed by atoms with van der Waals surface area (Å²) in [6.07, 6.45) is 2.18. The van der Waals surface area contributed by atoms with Crippen LogP contribution < -0.4 is 5.32 Å². The minimum atomic E-state index is -0.406. The molecule has 2 aliphatic heterocycles. The van der Waals surface area contributed by atoms with Crippen LogP contribution >= 0.6 is 0 Å². The van der Waals surface area contributed by atoms with Crippen molar-refractivity contribution in [3.05, 3.63) is 0 Å². The monoisotopic (exact) mass is 412 g/mol. The fourth-order valence-corrected chi connectivity index (χ4v) is 3.54. The molecule has 0 bridgehead atoms. The Hall–Kier alpha value is -0.850. The number of amides is 1. The lowest BCUT2D eigenvalue weighted by atomic mass is 9.98. The van der Waals surface area contributed by atoms with E-state index in [1.807, 2.05) is 25.7 Å². The van der Waals surface area contributed by atoms with E-state index in [0.29, 0.717) is 5.54 Å². The van der Waals surface area contributed by atoms with Crippen molar-refractivity contribution >= 4 is 6.09 Å². The van der Waals surface area contributed by atoms with Gasteiger partial charge in [0.25, 0.3) is 0 Å². The highest BCUT2D eigenvalue weighted by Crippen LogP contribution is 2.21. The van der Waals surface area contributed by atoms with Crippen LogP contribution in [0.15, 0.2) is 0 Å². The van der Waals surface area contributed by atoms with Gasteiger partial charge >= 0.3 is 6.09 Å². The predicted molar refractivity (Wildman–Crippen MR) is 123 cm³/mol. The number of rotatable bonds is 4. The third-order valence-corrected chi connectivity index (χ3v) is 6.49. The van der Waals surface area contributed by atoms with Gasteiger partial charge in [-0.2, -0.15) is 0 Å². The minimum Gasteiger partial charge on any atom is -0.444 e. The summed E-state index contributed by atoms with van der Waals surface area (Å²) >= 11 is 0. The van der Waals surface area contributed by atoms with Crippen LogP contribution in [-0.4, -0.2) is 89.8 Å². The summed E-state index contributed by atoms with van der Waals surface area (Å²) in [5.41, 5.74) is 0.221. The Labute approximate surface area is 180 Å². The number of hydrogen-bond acceptors (Lipinski definition) is 5. The minimum absolute atomic E-state index is 0.184. The maximum Gasteiger partial charge on any atom is 0.410 e. The molecule has 1 N–H and O–H groups in total. The molecule has 0 aromatic heterocycles. The van der Waals surface area contributed by atoms with Gasteiger partial charge in [-0.25, -0.2) is 4.79 Å². The topological polar surface area (TPSA) is 48.1 Å². The Morgan fingerprint density at radius 2 is 1.17 bits per heavy atom. The number of carbonyl (C=O) groups excluding carboxylic acids is 1. The number of hydrogen-bond donors (Lipinski definition) is 1. The summed E-state index contributed by atoms with van der Waals surface area (Å²) < 4.78 is 5.39. The van der Waals surface area contributed by atoms with Crippen molar-refractivity contribution in [3.63, 3.8) is 0 Å². The van der Waals surface area contributed by atoms with E-state index in [0.717, 1.165) is 45.7 Å². The van der Waals surface area contributed by atoms with E-state index in [2.05, 4.69) is 56.7 Å². The smallest absolute Gasteiger partial charge is 0.410 e. The average Bonchev–Trinajstić information content (AvgIpc) is 2.68. The normalized spacial score (nSPS) is 20.1. The quantitative estimate of drug-likeness (QED) is 0.761. The van der Waals surface area contributed by atoms with Crippen LogP contribution in [-0.2, 0) is 4.74 Å². The molecular weight excluding hydrogens is 364 g/mol. The number of nitrogens with one attached hydrogen (secondary N) is 1. The molecule has 2 saturated heterocycles. The van der Waals surface area contributed by atoms with Crippen molar-refractivity contribution in [2.24, 2.45) is 0 Å². The van der Waals surface area contributed by atoms with Crippen molar-refractivity contribution in [2.45, 2.75) is 91.8 Å². The van der Waals surface area contributed by atoms with E-state index in [-0.39, 0.29) is 11.6 Å². The molecule has 0 aromatic rings. The molecule has 2 aliphatic rings. The summed E-state index contributed by atoms with van der Waals surface area (Å²) in [5.74, 6) is 0. The van der Waals surface area contributed by atoms with E-state index in [4.69, 9.17) is 4.74 Å². The molecule has 0 radical (unpaired) electrons. The Kier molecular flexibility index (Phi) is 9.90. The summed E-state index contributed by atoms with van der Waals surface area (Å²) in [6, 6.07) is 0. The highest BCUT2D eigenvalue weighted by atomic mass is 16.6. The number of nitrogens with zero attached hydrogens (tertiary/aromatic N) is 3. The summed E-state index contributed by atoms with van der Waals surface area (Å²) in [6.45, 7) is 27.5. The lowest BCUT2D eigenvalue weighted by molar-refractivity contribution is 0.00142. The van der Waals surface area contributed by atoms with Gasteiger partial charge in [-0.05, 0) is 61.3 Å². The van der Waals surface area contributed by atoms with Crippen LogP contribution in [0, 0.1) is 0 Å². The van der Waals surface area contributed by atoms with Gasteiger partial charge in [0.2, 0.25) is 0 Å².